The minimum Gasteiger partial charge on any atom is -0.372 e. The molecule has 1 aromatic carbocycles. The van der Waals surface area contributed by atoms with E-state index in [0.29, 0.717) is 0 Å². The van der Waals surface area contributed by atoms with E-state index in [-0.39, 0.29) is 5.69 Å². The number of aromatic nitrogens is 2. The number of benzene rings is 1. The zero-order chi connectivity index (χ0) is 18.4. The summed E-state index contributed by atoms with van der Waals surface area (Å²) in [6, 6.07) is 8.79. The predicted molar refractivity (Wildman–Crippen MR) is 97.4 cm³/mol. The molecule has 25 heavy (non-hydrogen) atoms. The van der Waals surface area contributed by atoms with E-state index in [9.17, 15) is 14.4 Å². The molecule has 8 nitrogen and oxygen atoms in total. The molecule has 0 aliphatic heterocycles. The number of nitrogens with zero attached hydrogens (tertiary/aromatic N) is 3. The normalized spacial score (nSPS) is 10.8. The topological polar surface area (TPSA) is 99.6 Å². The van der Waals surface area contributed by atoms with Gasteiger partial charge in [-0.05, 0) is 31.5 Å². The second-order valence-electron chi connectivity index (χ2n) is 5.35. The van der Waals surface area contributed by atoms with Gasteiger partial charge in [-0.3, -0.25) is 14.2 Å². The molecule has 1 heterocycles. The number of aromatic amines is 1. The molecule has 2 rings (SSSR count). The Balaban J connectivity index is 2.04. The molecule has 0 bridgehead atoms. The molecule has 0 aliphatic rings. The first kappa shape index (κ1) is 18.2. The quantitative estimate of drug-likeness (QED) is 0.595. The minimum absolute atomic E-state index is 0.137. The van der Waals surface area contributed by atoms with Gasteiger partial charge in [-0.1, -0.05) is 12.1 Å². The first-order valence-electron chi connectivity index (χ1n) is 7.95. The van der Waals surface area contributed by atoms with Crippen molar-refractivity contribution in [2.75, 3.05) is 18.0 Å². The van der Waals surface area contributed by atoms with Crippen LogP contribution in [-0.2, 0) is 7.05 Å². The van der Waals surface area contributed by atoms with Gasteiger partial charge in [-0.15, -0.1) is 0 Å². The van der Waals surface area contributed by atoms with Gasteiger partial charge >= 0.3 is 5.69 Å². The maximum absolute atomic E-state index is 11.9. The van der Waals surface area contributed by atoms with Crippen LogP contribution in [-0.4, -0.2) is 34.8 Å². The van der Waals surface area contributed by atoms with Crippen LogP contribution in [0.25, 0.3) is 0 Å². The second-order valence-corrected chi connectivity index (χ2v) is 5.35. The summed E-state index contributed by atoms with van der Waals surface area (Å²) in [6.45, 7) is 6.04. The Kier molecular flexibility index (Phi) is 5.89. The van der Waals surface area contributed by atoms with E-state index in [1.807, 2.05) is 24.3 Å². The Hall–Kier alpha value is -3.16. The number of anilines is 1. The van der Waals surface area contributed by atoms with Gasteiger partial charge in [0.15, 0.2) is 0 Å². The summed E-state index contributed by atoms with van der Waals surface area (Å²) in [5, 5.41) is 3.85. The lowest BCUT2D eigenvalue weighted by atomic mass is 10.2. The average molecular weight is 343 g/mol. The fourth-order valence-electron chi connectivity index (χ4n) is 2.26. The Morgan fingerprint density at radius 2 is 1.88 bits per heavy atom. The molecule has 0 atom stereocenters. The van der Waals surface area contributed by atoms with Gasteiger partial charge in [0.25, 0.3) is 11.5 Å². The molecule has 1 aromatic heterocycles. The third-order valence-electron chi connectivity index (χ3n) is 3.79. The molecule has 0 unspecified atom stereocenters. The number of rotatable bonds is 6. The largest absolute Gasteiger partial charge is 0.372 e. The maximum atomic E-state index is 11.9. The lowest BCUT2D eigenvalue weighted by Gasteiger charge is -2.20. The molecule has 2 aromatic rings. The minimum atomic E-state index is -0.661. The zero-order valence-electron chi connectivity index (χ0n) is 14.4. The molecule has 0 radical (unpaired) electrons. The number of amides is 1. The van der Waals surface area contributed by atoms with E-state index < -0.39 is 17.2 Å². The number of hydrogen-bond acceptors (Lipinski definition) is 5. The maximum Gasteiger partial charge on any atom is 0.328 e. The number of hydrogen-bond donors (Lipinski definition) is 2. The van der Waals surface area contributed by atoms with Gasteiger partial charge in [0, 0.05) is 31.9 Å². The van der Waals surface area contributed by atoms with Crippen LogP contribution in [0.4, 0.5) is 5.69 Å². The van der Waals surface area contributed by atoms with Crippen LogP contribution >= 0.6 is 0 Å². The molecular weight excluding hydrogens is 322 g/mol. The van der Waals surface area contributed by atoms with E-state index in [4.69, 9.17) is 0 Å². The SMILES string of the molecule is CCN(CC)c1ccc(/C=N/NC(=O)c2cc(=O)n(C)c(=O)[nH]2)cc1. The molecule has 0 aliphatic carbocycles. The summed E-state index contributed by atoms with van der Waals surface area (Å²) in [5.41, 5.74) is 2.85. The third-order valence-corrected chi connectivity index (χ3v) is 3.79. The van der Waals surface area contributed by atoms with Crippen LogP contribution in [0.1, 0.15) is 29.9 Å². The lowest BCUT2D eigenvalue weighted by Crippen LogP contribution is -2.35. The van der Waals surface area contributed by atoms with Crippen molar-refractivity contribution in [3.63, 3.8) is 0 Å². The molecule has 8 heteroatoms. The summed E-state index contributed by atoms with van der Waals surface area (Å²) in [5.74, 6) is -0.661. The van der Waals surface area contributed by atoms with E-state index in [2.05, 4.69) is 34.3 Å². The summed E-state index contributed by atoms with van der Waals surface area (Å²) in [7, 11) is 1.32. The third kappa shape index (κ3) is 4.43. The number of nitrogens with one attached hydrogen (secondary N) is 2. The van der Waals surface area contributed by atoms with Crippen LogP contribution in [0, 0.1) is 0 Å². The summed E-state index contributed by atoms with van der Waals surface area (Å²) in [4.78, 5) is 39.5. The van der Waals surface area contributed by atoms with E-state index >= 15 is 0 Å². The van der Waals surface area contributed by atoms with Crippen molar-refractivity contribution in [1.29, 1.82) is 0 Å². The van der Waals surface area contributed by atoms with E-state index in [1.165, 1.54) is 13.3 Å². The molecule has 132 valence electrons. The molecule has 0 spiro atoms. The van der Waals surface area contributed by atoms with Gasteiger partial charge in [-0.2, -0.15) is 5.10 Å². The highest BCUT2D eigenvalue weighted by Gasteiger charge is 2.08. The van der Waals surface area contributed by atoms with Crippen molar-refractivity contribution in [2.24, 2.45) is 12.1 Å². The molecule has 0 fully saturated rings. The Labute approximate surface area is 144 Å². The van der Waals surface area contributed by atoms with Crippen LogP contribution < -0.4 is 21.6 Å². The predicted octanol–water partition coefficient (Wildman–Crippen LogP) is 0.684. The van der Waals surface area contributed by atoms with Gasteiger partial charge in [0.1, 0.15) is 5.69 Å². The Bertz CT molecular complexity index is 845. The van der Waals surface area contributed by atoms with E-state index in [0.717, 1.165) is 35.0 Å². The monoisotopic (exact) mass is 343 g/mol. The number of carbonyl (C=O) groups excluding carboxylic acids is 1. The highest BCUT2D eigenvalue weighted by atomic mass is 16.2. The van der Waals surface area contributed by atoms with Crippen molar-refractivity contribution in [2.45, 2.75) is 13.8 Å². The van der Waals surface area contributed by atoms with Crippen LogP contribution in [0.2, 0.25) is 0 Å². The van der Waals surface area contributed by atoms with Crippen molar-refractivity contribution in [1.82, 2.24) is 15.0 Å². The molecular formula is C17H21N5O3. The lowest BCUT2D eigenvalue weighted by molar-refractivity contribution is 0.0949. The van der Waals surface area contributed by atoms with Gasteiger partial charge in [0.2, 0.25) is 0 Å². The average Bonchev–Trinajstić information content (AvgIpc) is 2.61. The second kappa shape index (κ2) is 8.09. The highest BCUT2D eigenvalue weighted by molar-refractivity contribution is 5.92. The van der Waals surface area contributed by atoms with Crippen LogP contribution in [0.15, 0.2) is 45.0 Å². The van der Waals surface area contributed by atoms with Crippen molar-refractivity contribution in [3.05, 3.63) is 62.4 Å². The highest BCUT2D eigenvalue weighted by Crippen LogP contribution is 2.13. The van der Waals surface area contributed by atoms with Crippen LogP contribution in [0.5, 0.6) is 0 Å². The van der Waals surface area contributed by atoms with Crippen molar-refractivity contribution >= 4 is 17.8 Å². The van der Waals surface area contributed by atoms with Gasteiger partial charge < -0.3 is 9.88 Å². The molecule has 1 amide bonds. The summed E-state index contributed by atoms with van der Waals surface area (Å²) < 4.78 is 0.873. The number of hydrazone groups is 1. The first-order valence-corrected chi connectivity index (χ1v) is 7.95. The molecule has 2 N–H and O–H groups in total. The standard InChI is InChI=1S/C17H21N5O3/c1-4-22(5-2)13-8-6-12(7-9-13)11-18-20-16(24)14-10-15(23)21(3)17(25)19-14/h6-11H,4-5H2,1-3H3,(H,19,25)(H,20,24)/b18-11+. The van der Waals surface area contributed by atoms with Crippen molar-refractivity contribution in [3.8, 4) is 0 Å². The Morgan fingerprint density at radius 3 is 2.44 bits per heavy atom. The summed E-state index contributed by atoms with van der Waals surface area (Å²) >= 11 is 0. The van der Waals surface area contributed by atoms with Crippen LogP contribution in [0.3, 0.4) is 0 Å². The van der Waals surface area contributed by atoms with Gasteiger partial charge in [-0.25, -0.2) is 10.2 Å². The summed E-state index contributed by atoms with van der Waals surface area (Å²) in [6.07, 6.45) is 1.49. The molecule has 0 saturated heterocycles. The van der Waals surface area contributed by atoms with Gasteiger partial charge in [0.05, 0.1) is 6.21 Å². The smallest absolute Gasteiger partial charge is 0.328 e. The van der Waals surface area contributed by atoms with Crippen molar-refractivity contribution < 1.29 is 4.79 Å². The number of H-pyrrole nitrogens is 1. The van der Waals surface area contributed by atoms with E-state index in [1.54, 1.807) is 0 Å². The first-order chi connectivity index (χ1) is 12.0. The fraction of sp³-hybridized carbons (Fsp3) is 0.294. The zero-order valence-corrected chi connectivity index (χ0v) is 14.4. The Morgan fingerprint density at radius 1 is 1.24 bits per heavy atom. The fourth-order valence-corrected chi connectivity index (χ4v) is 2.26. The molecule has 0 saturated carbocycles. The number of carbonyl (C=O) groups is 1.